The lowest BCUT2D eigenvalue weighted by Gasteiger charge is -2.11. The van der Waals surface area contributed by atoms with Crippen LogP contribution < -0.4 is 4.72 Å². The summed E-state index contributed by atoms with van der Waals surface area (Å²) in [6, 6.07) is 2.69. The van der Waals surface area contributed by atoms with Gasteiger partial charge in [-0.25, -0.2) is 26.6 Å². The van der Waals surface area contributed by atoms with E-state index in [1.54, 1.807) is 0 Å². The molecule has 3 aromatic rings. The number of halogens is 3. The molecular weight excluding hydrogens is 405 g/mol. The van der Waals surface area contributed by atoms with Crippen molar-refractivity contribution in [3.63, 3.8) is 0 Å². The van der Waals surface area contributed by atoms with E-state index in [1.807, 2.05) is 6.07 Å². The summed E-state index contributed by atoms with van der Waals surface area (Å²) in [5.41, 5.74) is -1.23. The summed E-state index contributed by atoms with van der Waals surface area (Å²) in [4.78, 5) is 3.52. The number of nitrogens with zero attached hydrogens (tertiary/aromatic N) is 5. The summed E-state index contributed by atoms with van der Waals surface area (Å²) in [6.45, 7) is 0. The molecule has 1 aliphatic carbocycles. The molecule has 13 heteroatoms. The van der Waals surface area contributed by atoms with E-state index in [9.17, 15) is 21.6 Å². The van der Waals surface area contributed by atoms with Gasteiger partial charge in [0.15, 0.2) is 15.8 Å². The van der Waals surface area contributed by atoms with Crippen molar-refractivity contribution in [1.29, 1.82) is 5.26 Å². The van der Waals surface area contributed by atoms with E-state index in [-0.39, 0.29) is 16.3 Å². The van der Waals surface area contributed by atoms with Gasteiger partial charge in [0.25, 0.3) is 6.43 Å². The van der Waals surface area contributed by atoms with Crippen LogP contribution in [0.15, 0.2) is 23.4 Å². The van der Waals surface area contributed by atoms with E-state index >= 15 is 0 Å². The number of pyridine rings is 1. The van der Waals surface area contributed by atoms with Crippen molar-refractivity contribution in [3.05, 3.63) is 29.3 Å². The van der Waals surface area contributed by atoms with Gasteiger partial charge in [-0.05, 0) is 18.9 Å². The summed E-state index contributed by atoms with van der Waals surface area (Å²) in [5, 5.41) is 15.5. The second kappa shape index (κ2) is 5.98. The molecule has 0 bridgehead atoms. The molecule has 1 aliphatic rings. The van der Waals surface area contributed by atoms with Crippen molar-refractivity contribution in [2.45, 2.75) is 29.7 Å². The fraction of sp³-hybridized carbons (Fsp3) is 0.286. The van der Waals surface area contributed by atoms with Gasteiger partial charge in [-0.1, -0.05) is 11.3 Å². The molecule has 0 radical (unpaired) electrons. The van der Waals surface area contributed by atoms with Gasteiger partial charge in [0.05, 0.1) is 12.3 Å². The molecular formula is C14H9F3N6O2S2. The fourth-order valence-corrected chi connectivity index (χ4v) is 4.51. The predicted octanol–water partition coefficient (Wildman–Crippen LogP) is 2.26. The van der Waals surface area contributed by atoms with Gasteiger partial charge in [-0.3, -0.25) is 4.40 Å². The van der Waals surface area contributed by atoms with Gasteiger partial charge in [-0.15, -0.1) is 10.2 Å². The lowest BCUT2D eigenvalue weighted by Crippen LogP contribution is -2.35. The van der Waals surface area contributed by atoms with Crippen LogP contribution in [0.25, 0.3) is 16.3 Å². The summed E-state index contributed by atoms with van der Waals surface area (Å²) >= 11 is 0.570. The van der Waals surface area contributed by atoms with E-state index in [2.05, 4.69) is 19.9 Å². The Labute approximate surface area is 154 Å². The highest BCUT2D eigenvalue weighted by atomic mass is 32.2. The molecule has 0 aromatic carbocycles. The number of alkyl halides is 2. The molecule has 140 valence electrons. The molecule has 0 aliphatic heterocycles. The van der Waals surface area contributed by atoms with E-state index in [4.69, 9.17) is 5.26 Å². The SMILES string of the molecule is N#CC1(NS(=O)(=O)c2cc(F)c3cnc(-c4nnc(C(F)F)s4)n3c2)CC1. The minimum Gasteiger partial charge on any atom is -0.294 e. The molecule has 0 amide bonds. The maximum absolute atomic E-state index is 14.4. The highest BCUT2D eigenvalue weighted by molar-refractivity contribution is 7.89. The molecule has 1 fully saturated rings. The van der Waals surface area contributed by atoms with E-state index in [0.717, 1.165) is 22.9 Å². The monoisotopic (exact) mass is 414 g/mol. The van der Waals surface area contributed by atoms with E-state index in [0.29, 0.717) is 24.2 Å². The number of hydrogen-bond donors (Lipinski definition) is 1. The molecule has 0 spiro atoms. The number of rotatable bonds is 5. The maximum atomic E-state index is 14.4. The number of fused-ring (bicyclic) bond motifs is 1. The average molecular weight is 414 g/mol. The Bertz CT molecular complexity index is 1190. The average Bonchev–Trinajstić information content (AvgIpc) is 3.03. The normalized spacial score (nSPS) is 16.0. The zero-order chi connectivity index (χ0) is 19.4. The highest BCUT2D eigenvalue weighted by Crippen LogP contribution is 2.36. The smallest absolute Gasteiger partial charge is 0.291 e. The zero-order valence-corrected chi connectivity index (χ0v) is 14.9. The first-order valence-electron chi connectivity index (χ1n) is 7.48. The van der Waals surface area contributed by atoms with Crippen LogP contribution >= 0.6 is 11.3 Å². The summed E-state index contributed by atoms with van der Waals surface area (Å²) in [5.74, 6) is -0.899. The Hall–Kier alpha value is -2.56. The van der Waals surface area contributed by atoms with Crippen LogP contribution in [0.5, 0.6) is 0 Å². The standard InChI is InChI=1S/C14H9F3N6O2S2/c15-8-3-7(27(24,25)22-14(6-18)1-2-14)5-23-9(8)4-19-11(23)13-21-20-12(26-13)10(16)17/h3-5,10,22H,1-2H2. The van der Waals surface area contributed by atoms with Gasteiger partial charge in [-0.2, -0.15) is 9.98 Å². The van der Waals surface area contributed by atoms with E-state index < -0.39 is 37.7 Å². The van der Waals surface area contributed by atoms with Crippen LogP contribution in [0.2, 0.25) is 0 Å². The highest BCUT2D eigenvalue weighted by Gasteiger charge is 2.47. The number of nitrogens with one attached hydrogen (secondary N) is 1. The second-order valence-corrected chi connectivity index (χ2v) is 8.60. The van der Waals surface area contributed by atoms with Crippen LogP contribution in [-0.2, 0) is 10.0 Å². The van der Waals surface area contributed by atoms with Crippen molar-refractivity contribution in [1.82, 2.24) is 24.3 Å². The largest absolute Gasteiger partial charge is 0.294 e. The molecule has 0 unspecified atom stereocenters. The summed E-state index contributed by atoms with van der Waals surface area (Å²) in [7, 11) is -4.18. The molecule has 1 N–H and O–H groups in total. The molecule has 4 rings (SSSR count). The number of aromatic nitrogens is 4. The van der Waals surface area contributed by atoms with Crippen LogP contribution in [0.4, 0.5) is 13.2 Å². The molecule has 3 heterocycles. The minimum absolute atomic E-state index is 0.0112. The van der Waals surface area contributed by atoms with Crippen molar-refractivity contribution in [2.24, 2.45) is 0 Å². The third-order valence-corrected chi connectivity index (χ3v) is 6.42. The van der Waals surface area contributed by atoms with Crippen molar-refractivity contribution in [3.8, 4) is 16.9 Å². The zero-order valence-electron chi connectivity index (χ0n) is 13.2. The first-order chi connectivity index (χ1) is 12.7. The number of hydrogen-bond acceptors (Lipinski definition) is 7. The predicted molar refractivity (Wildman–Crippen MR) is 86.9 cm³/mol. The van der Waals surface area contributed by atoms with Crippen molar-refractivity contribution in [2.75, 3.05) is 0 Å². The van der Waals surface area contributed by atoms with Gasteiger partial charge in [0.1, 0.15) is 21.8 Å². The van der Waals surface area contributed by atoms with Crippen LogP contribution in [0, 0.1) is 17.1 Å². The third kappa shape index (κ3) is 3.05. The summed E-state index contributed by atoms with van der Waals surface area (Å²) in [6.07, 6.45) is 0.144. The quantitative estimate of drug-likeness (QED) is 0.685. The first kappa shape index (κ1) is 17.8. The Kier molecular flexibility index (Phi) is 3.95. The van der Waals surface area contributed by atoms with Crippen molar-refractivity contribution < 1.29 is 21.6 Å². The van der Waals surface area contributed by atoms with Crippen LogP contribution in [0.1, 0.15) is 24.3 Å². The van der Waals surface area contributed by atoms with Crippen LogP contribution in [0.3, 0.4) is 0 Å². The molecule has 1 saturated carbocycles. The van der Waals surface area contributed by atoms with Gasteiger partial charge >= 0.3 is 0 Å². The Morgan fingerprint density at radius 2 is 2.11 bits per heavy atom. The maximum Gasteiger partial charge on any atom is 0.291 e. The number of sulfonamides is 1. The number of nitriles is 1. The Morgan fingerprint density at radius 1 is 1.37 bits per heavy atom. The Balaban J connectivity index is 1.81. The fourth-order valence-electron chi connectivity index (χ4n) is 2.43. The molecule has 0 saturated heterocycles. The first-order valence-corrected chi connectivity index (χ1v) is 9.78. The topological polar surface area (TPSA) is 113 Å². The molecule has 0 atom stereocenters. The molecule has 8 nitrogen and oxygen atoms in total. The molecule has 27 heavy (non-hydrogen) atoms. The van der Waals surface area contributed by atoms with E-state index in [1.165, 1.54) is 0 Å². The van der Waals surface area contributed by atoms with Gasteiger partial charge < -0.3 is 0 Å². The van der Waals surface area contributed by atoms with Crippen LogP contribution in [-0.4, -0.2) is 33.5 Å². The van der Waals surface area contributed by atoms with Gasteiger partial charge in [0.2, 0.25) is 10.0 Å². The molecule has 3 aromatic heterocycles. The third-order valence-electron chi connectivity index (χ3n) is 3.99. The van der Waals surface area contributed by atoms with Crippen molar-refractivity contribution >= 4 is 26.9 Å². The number of imidazole rings is 1. The lowest BCUT2D eigenvalue weighted by atomic mass is 10.3. The minimum atomic E-state index is -4.18. The second-order valence-electron chi connectivity index (χ2n) is 5.91. The summed E-state index contributed by atoms with van der Waals surface area (Å²) < 4.78 is 68.2. The lowest BCUT2D eigenvalue weighted by molar-refractivity contribution is 0.150. The van der Waals surface area contributed by atoms with Gasteiger partial charge in [0, 0.05) is 6.20 Å². The Morgan fingerprint density at radius 3 is 2.70 bits per heavy atom.